The highest BCUT2D eigenvalue weighted by Gasteiger charge is 2.40. The number of carbonyl (C=O) groups excluding carboxylic acids is 2. The van der Waals surface area contributed by atoms with Crippen molar-refractivity contribution in [3.8, 4) is 11.8 Å². The average Bonchev–Trinajstić information content (AvgIpc) is 3.33. The number of nitrogens with zero attached hydrogens (tertiary/aromatic N) is 5. The van der Waals surface area contributed by atoms with Crippen LogP contribution in [0.2, 0.25) is 0 Å². The summed E-state index contributed by atoms with van der Waals surface area (Å²) in [5, 5.41) is 23.2. The summed E-state index contributed by atoms with van der Waals surface area (Å²) >= 11 is 1.61. The van der Waals surface area contributed by atoms with E-state index in [1.165, 1.54) is 6.07 Å². The van der Waals surface area contributed by atoms with E-state index in [1.807, 2.05) is 29.2 Å². The average molecular weight is 589 g/mol. The van der Waals surface area contributed by atoms with Gasteiger partial charge < -0.3 is 14.7 Å². The van der Waals surface area contributed by atoms with Crippen LogP contribution in [-0.2, 0) is 22.7 Å². The summed E-state index contributed by atoms with van der Waals surface area (Å²) in [6, 6.07) is 11.4. The van der Waals surface area contributed by atoms with Crippen molar-refractivity contribution < 1.29 is 23.8 Å². The summed E-state index contributed by atoms with van der Waals surface area (Å²) in [5.74, 6) is -0.434. The minimum absolute atomic E-state index is 0.241. The molecule has 2 fully saturated rings. The number of amides is 2. The highest BCUT2D eigenvalue weighted by molar-refractivity contribution is 7.99. The molecule has 3 aliphatic heterocycles. The van der Waals surface area contributed by atoms with Crippen LogP contribution in [0.5, 0.6) is 5.75 Å². The second-order valence-electron chi connectivity index (χ2n) is 10.6. The largest absolute Gasteiger partial charge is 0.488 e. The number of aromatic nitrogens is 2. The van der Waals surface area contributed by atoms with Gasteiger partial charge in [0.15, 0.2) is 5.16 Å². The number of anilines is 1. The Morgan fingerprint density at radius 2 is 1.93 bits per heavy atom. The molecule has 2 atom stereocenters. The molecule has 10 nitrogen and oxygen atoms in total. The van der Waals surface area contributed by atoms with Crippen LogP contribution in [-0.4, -0.2) is 56.2 Å². The molecule has 12 heteroatoms. The number of piperidine rings is 2. The first-order chi connectivity index (χ1) is 20.4. The molecule has 2 aromatic carbocycles. The molecule has 1 aromatic heterocycles. The van der Waals surface area contributed by atoms with Gasteiger partial charge in [-0.2, -0.15) is 5.26 Å². The molecule has 3 aliphatic rings. The van der Waals surface area contributed by atoms with Gasteiger partial charge in [-0.25, -0.2) is 14.4 Å². The first kappa shape index (κ1) is 28.1. The van der Waals surface area contributed by atoms with Crippen LogP contribution >= 0.6 is 11.8 Å². The van der Waals surface area contributed by atoms with E-state index in [4.69, 9.17) is 10.00 Å². The molecule has 3 aromatic rings. The zero-order valence-electron chi connectivity index (χ0n) is 22.7. The maximum Gasteiger partial charge on any atom is 0.244 e. The Hall–Kier alpha value is -4.05. The van der Waals surface area contributed by atoms with Crippen molar-refractivity contribution >= 4 is 29.3 Å². The van der Waals surface area contributed by atoms with E-state index in [0.717, 1.165) is 24.0 Å². The Balaban J connectivity index is 1.02. The van der Waals surface area contributed by atoms with Crippen molar-refractivity contribution in [2.75, 3.05) is 18.0 Å². The first-order valence-electron chi connectivity index (χ1n) is 13.8. The third-order valence-electron chi connectivity index (χ3n) is 7.92. The van der Waals surface area contributed by atoms with Crippen molar-refractivity contribution in [1.82, 2.24) is 20.2 Å². The van der Waals surface area contributed by atoms with E-state index in [-0.39, 0.29) is 30.7 Å². The van der Waals surface area contributed by atoms with Crippen molar-refractivity contribution in [1.29, 1.82) is 5.26 Å². The number of rotatable bonds is 7. The fraction of sp³-hybridized carbons (Fsp3) is 0.367. The smallest absolute Gasteiger partial charge is 0.244 e. The number of carbonyl (C=O) groups is 2. The lowest BCUT2D eigenvalue weighted by Gasteiger charge is -2.33. The molecule has 42 heavy (non-hydrogen) atoms. The van der Waals surface area contributed by atoms with Gasteiger partial charge in [-0.05, 0) is 43.5 Å². The lowest BCUT2D eigenvalue weighted by Crippen LogP contribution is -2.51. The lowest BCUT2D eigenvalue weighted by molar-refractivity contribution is -0.141. The number of nitriles is 1. The first-order valence-corrected chi connectivity index (χ1v) is 14.7. The van der Waals surface area contributed by atoms with Crippen LogP contribution in [0.1, 0.15) is 54.2 Å². The van der Waals surface area contributed by atoms with Gasteiger partial charge in [-0.3, -0.25) is 19.8 Å². The molecule has 1 unspecified atom stereocenters. The second kappa shape index (κ2) is 12.1. The second-order valence-corrected chi connectivity index (χ2v) is 11.8. The third-order valence-corrected chi connectivity index (χ3v) is 9.15. The molecule has 0 bridgehead atoms. The Morgan fingerprint density at radius 1 is 1.14 bits per heavy atom. The number of nitrogens with one attached hydrogen (secondary N) is 1. The summed E-state index contributed by atoms with van der Waals surface area (Å²) in [6.07, 6.45) is 4.85. The van der Waals surface area contributed by atoms with Gasteiger partial charge >= 0.3 is 0 Å². The van der Waals surface area contributed by atoms with Crippen molar-refractivity contribution in [3.63, 3.8) is 0 Å². The van der Waals surface area contributed by atoms with Gasteiger partial charge in [0.1, 0.15) is 24.4 Å². The van der Waals surface area contributed by atoms with Gasteiger partial charge in [0.2, 0.25) is 11.8 Å². The van der Waals surface area contributed by atoms with Crippen molar-refractivity contribution in [3.05, 3.63) is 76.9 Å². The number of halogens is 1. The Labute approximate surface area is 246 Å². The maximum atomic E-state index is 14.4. The van der Waals surface area contributed by atoms with E-state index in [2.05, 4.69) is 15.3 Å². The SMILES string of the molecule is N#Cc1ccc(N2CCC(Sc3ncc(COc4cccc5c4CN([C@H]4CCC(=O)NC4=O)C5O)cn3)CC2)c(F)c1. The van der Waals surface area contributed by atoms with Gasteiger partial charge in [0, 0.05) is 60.4 Å². The minimum Gasteiger partial charge on any atom is -0.488 e. The normalized spacial score (nSPS) is 21.1. The zero-order chi connectivity index (χ0) is 29.2. The van der Waals surface area contributed by atoms with Crippen LogP contribution in [0.15, 0.2) is 53.9 Å². The monoisotopic (exact) mass is 588 g/mol. The fourth-order valence-corrected chi connectivity index (χ4v) is 6.66. The van der Waals surface area contributed by atoms with Gasteiger partial charge in [0.05, 0.1) is 23.4 Å². The van der Waals surface area contributed by atoms with Crippen LogP contribution in [0.4, 0.5) is 10.1 Å². The molecule has 2 saturated heterocycles. The van der Waals surface area contributed by atoms with E-state index in [0.29, 0.717) is 59.0 Å². The number of benzene rings is 2. The van der Waals surface area contributed by atoms with E-state index in [9.17, 15) is 19.1 Å². The molecule has 2 N–H and O–H groups in total. The summed E-state index contributed by atoms with van der Waals surface area (Å²) in [6.45, 7) is 2.00. The molecular weight excluding hydrogens is 559 g/mol. The summed E-state index contributed by atoms with van der Waals surface area (Å²) in [4.78, 5) is 36.7. The number of ether oxygens (including phenoxy) is 1. The molecule has 0 radical (unpaired) electrons. The van der Waals surface area contributed by atoms with Gasteiger partial charge in [-0.15, -0.1) is 0 Å². The molecule has 0 aliphatic carbocycles. The lowest BCUT2D eigenvalue weighted by atomic mass is 10.0. The molecular formula is C30H29FN6O4S. The van der Waals surface area contributed by atoms with Crippen LogP contribution in [0.3, 0.4) is 0 Å². The van der Waals surface area contributed by atoms with Crippen LogP contribution in [0.25, 0.3) is 0 Å². The van der Waals surface area contributed by atoms with E-state index in [1.54, 1.807) is 41.2 Å². The van der Waals surface area contributed by atoms with Gasteiger partial charge in [-0.1, -0.05) is 23.9 Å². The van der Waals surface area contributed by atoms with Gasteiger partial charge in [0.25, 0.3) is 0 Å². The minimum atomic E-state index is -0.956. The summed E-state index contributed by atoms with van der Waals surface area (Å²) < 4.78 is 20.5. The number of thioether (sulfide) groups is 1. The Kier molecular flexibility index (Phi) is 8.06. The zero-order valence-corrected chi connectivity index (χ0v) is 23.5. The molecule has 216 valence electrons. The third kappa shape index (κ3) is 5.81. The molecule has 4 heterocycles. The number of hydrogen-bond acceptors (Lipinski definition) is 10. The Morgan fingerprint density at radius 3 is 2.64 bits per heavy atom. The van der Waals surface area contributed by atoms with E-state index < -0.39 is 12.3 Å². The van der Waals surface area contributed by atoms with Crippen molar-refractivity contribution in [2.24, 2.45) is 0 Å². The number of aliphatic hydroxyl groups excluding tert-OH is 1. The standard InChI is InChI=1S/C30H29FN6O4S/c31-23-12-18(13-32)4-5-24(23)36-10-8-20(9-11-36)42-30-33-14-19(15-34-30)17-41-26-3-1-2-21-22(26)16-37(29(21)40)25-6-7-27(38)35-28(25)39/h1-5,12,14-15,20,25,29,40H,6-11,16-17H2,(H,35,38,39)/t25-,29?/m0/s1. The van der Waals surface area contributed by atoms with Crippen LogP contribution < -0.4 is 15.0 Å². The quantitative estimate of drug-likeness (QED) is 0.313. The number of hydrogen-bond donors (Lipinski definition) is 2. The van der Waals surface area contributed by atoms with Crippen molar-refractivity contribution in [2.45, 2.75) is 61.5 Å². The van der Waals surface area contributed by atoms with Crippen LogP contribution in [0, 0.1) is 17.1 Å². The predicted octanol–water partition coefficient (Wildman–Crippen LogP) is 3.44. The fourth-order valence-electron chi connectivity index (χ4n) is 5.69. The summed E-state index contributed by atoms with van der Waals surface area (Å²) in [5.41, 5.74) is 3.14. The molecule has 6 rings (SSSR count). The topological polar surface area (TPSA) is 132 Å². The van der Waals surface area contributed by atoms with E-state index >= 15 is 0 Å². The molecule has 2 amide bonds. The molecule has 0 saturated carbocycles. The number of imide groups is 1. The highest BCUT2D eigenvalue weighted by Crippen LogP contribution is 2.40. The summed E-state index contributed by atoms with van der Waals surface area (Å²) in [7, 11) is 0. The Bertz CT molecular complexity index is 1540. The number of aliphatic hydroxyl groups is 1. The molecule has 0 spiro atoms. The predicted molar refractivity (Wildman–Crippen MR) is 152 cm³/mol. The highest BCUT2D eigenvalue weighted by atomic mass is 32.2. The maximum absolute atomic E-state index is 14.4. The number of fused-ring (bicyclic) bond motifs is 1.